The summed E-state index contributed by atoms with van der Waals surface area (Å²) >= 11 is 0. The molecule has 1 aliphatic rings. The number of hydrogen-bond donors (Lipinski definition) is 1. The van der Waals surface area contributed by atoms with Gasteiger partial charge < -0.3 is 10.2 Å². The van der Waals surface area contributed by atoms with Crippen LogP contribution in [0.1, 0.15) is 12.5 Å². The van der Waals surface area contributed by atoms with Crippen LogP contribution in [-0.2, 0) is 4.79 Å². The van der Waals surface area contributed by atoms with Crippen LogP contribution >= 0.6 is 0 Å². The van der Waals surface area contributed by atoms with E-state index in [0.29, 0.717) is 18.7 Å². The lowest BCUT2D eigenvalue weighted by atomic mass is 10.1. The number of nitrogens with zero attached hydrogens (tertiary/aromatic N) is 2. The number of carbonyl (C=O) groups is 1. The third kappa shape index (κ3) is 1.52. The van der Waals surface area contributed by atoms with Gasteiger partial charge in [0.1, 0.15) is 0 Å². The van der Waals surface area contributed by atoms with Crippen molar-refractivity contribution in [2.45, 2.75) is 6.92 Å². The van der Waals surface area contributed by atoms with Crippen molar-refractivity contribution in [3.05, 3.63) is 23.8 Å². The normalized spacial score (nSPS) is 14.1. The number of benzene rings is 1. The first-order valence-electron chi connectivity index (χ1n) is 4.84. The molecule has 0 aromatic heterocycles. The molecule has 76 valence electrons. The molecule has 4 nitrogen and oxygen atoms in total. The van der Waals surface area contributed by atoms with Crippen LogP contribution in [0.15, 0.2) is 18.2 Å². The molecule has 2 rings (SSSR count). The van der Waals surface area contributed by atoms with Crippen LogP contribution in [-0.4, -0.2) is 19.0 Å². The highest BCUT2D eigenvalue weighted by Gasteiger charge is 2.22. The molecular weight excluding hydrogens is 190 g/mol. The van der Waals surface area contributed by atoms with Crippen LogP contribution in [0.25, 0.3) is 0 Å². The number of rotatable bonds is 1. The number of nitrogens with one attached hydrogen (secondary N) is 1. The Hall–Kier alpha value is -2.02. The Morgan fingerprint density at radius 1 is 1.60 bits per heavy atom. The van der Waals surface area contributed by atoms with Crippen LogP contribution in [0.5, 0.6) is 0 Å². The number of likely N-dealkylation sites (N-methyl/N-ethyl adjacent to an activating group) is 1. The minimum absolute atomic E-state index is 0.0645. The van der Waals surface area contributed by atoms with Crippen molar-refractivity contribution in [3.63, 3.8) is 0 Å². The average molecular weight is 201 g/mol. The monoisotopic (exact) mass is 201 g/mol. The van der Waals surface area contributed by atoms with E-state index in [-0.39, 0.29) is 5.91 Å². The lowest BCUT2D eigenvalue weighted by Crippen LogP contribution is -2.39. The second kappa shape index (κ2) is 3.62. The Kier molecular flexibility index (Phi) is 2.30. The van der Waals surface area contributed by atoms with E-state index in [4.69, 9.17) is 5.26 Å². The SMILES string of the molecule is CCN1C(=O)CNc2cc(C#N)ccc21. The van der Waals surface area contributed by atoms with Gasteiger partial charge in [0.25, 0.3) is 0 Å². The van der Waals surface area contributed by atoms with Crippen LogP contribution in [0.2, 0.25) is 0 Å². The Morgan fingerprint density at radius 2 is 2.40 bits per heavy atom. The maximum absolute atomic E-state index is 11.5. The Labute approximate surface area is 88.1 Å². The molecule has 1 aromatic carbocycles. The number of amides is 1. The molecule has 0 fully saturated rings. The van der Waals surface area contributed by atoms with Gasteiger partial charge in [0.15, 0.2) is 0 Å². The fraction of sp³-hybridized carbons (Fsp3) is 0.273. The highest BCUT2D eigenvalue weighted by molar-refractivity contribution is 6.02. The molecule has 1 heterocycles. The molecule has 0 atom stereocenters. The van der Waals surface area contributed by atoms with Crippen molar-refractivity contribution in [1.29, 1.82) is 5.26 Å². The molecule has 1 amide bonds. The van der Waals surface area contributed by atoms with Gasteiger partial charge in [-0.15, -0.1) is 0 Å². The lowest BCUT2D eigenvalue weighted by molar-refractivity contribution is -0.117. The van der Waals surface area contributed by atoms with E-state index in [1.165, 1.54) is 0 Å². The van der Waals surface area contributed by atoms with Crippen LogP contribution in [0.4, 0.5) is 11.4 Å². The van der Waals surface area contributed by atoms with E-state index in [2.05, 4.69) is 11.4 Å². The van der Waals surface area contributed by atoms with Crippen LogP contribution < -0.4 is 10.2 Å². The number of carbonyl (C=O) groups excluding carboxylic acids is 1. The molecule has 0 aliphatic carbocycles. The van der Waals surface area contributed by atoms with Gasteiger partial charge in [0.05, 0.1) is 29.6 Å². The molecule has 0 unspecified atom stereocenters. The van der Waals surface area contributed by atoms with Gasteiger partial charge in [-0.2, -0.15) is 5.26 Å². The van der Waals surface area contributed by atoms with Gasteiger partial charge in [-0.25, -0.2) is 0 Å². The third-order valence-corrected chi connectivity index (χ3v) is 2.46. The summed E-state index contributed by atoms with van der Waals surface area (Å²) in [5.41, 5.74) is 2.31. The predicted molar refractivity (Wildman–Crippen MR) is 57.7 cm³/mol. The molecule has 0 bridgehead atoms. The van der Waals surface area contributed by atoms with E-state index >= 15 is 0 Å². The first-order valence-corrected chi connectivity index (χ1v) is 4.84. The van der Waals surface area contributed by atoms with Crippen molar-refractivity contribution < 1.29 is 4.79 Å². The fourth-order valence-corrected chi connectivity index (χ4v) is 1.73. The van der Waals surface area contributed by atoms with E-state index in [0.717, 1.165) is 11.4 Å². The molecule has 0 radical (unpaired) electrons. The zero-order valence-electron chi connectivity index (χ0n) is 8.45. The Bertz CT molecular complexity index is 448. The molecule has 0 saturated carbocycles. The molecule has 15 heavy (non-hydrogen) atoms. The number of anilines is 2. The maximum atomic E-state index is 11.5. The Balaban J connectivity index is 2.48. The minimum Gasteiger partial charge on any atom is -0.374 e. The van der Waals surface area contributed by atoms with Gasteiger partial charge in [0, 0.05) is 6.54 Å². The van der Waals surface area contributed by atoms with Crippen molar-refractivity contribution in [3.8, 4) is 6.07 Å². The molecule has 1 aliphatic heterocycles. The average Bonchev–Trinajstić information content (AvgIpc) is 2.28. The fourth-order valence-electron chi connectivity index (χ4n) is 1.73. The molecule has 1 N–H and O–H groups in total. The van der Waals surface area contributed by atoms with Crippen molar-refractivity contribution in [2.24, 2.45) is 0 Å². The molecule has 4 heteroatoms. The van der Waals surface area contributed by atoms with Gasteiger partial charge >= 0.3 is 0 Å². The van der Waals surface area contributed by atoms with Gasteiger partial charge in [-0.05, 0) is 25.1 Å². The summed E-state index contributed by atoms with van der Waals surface area (Å²) in [5, 5.41) is 11.8. The Morgan fingerprint density at radius 3 is 3.07 bits per heavy atom. The van der Waals surface area contributed by atoms with Gasteiger partial charge in [0.2, 0.25) is 5.91 Å². The second-order valence-corrected chi connectivity index (χ2v) is 3.34. The minimum atomic E-state index is 0.0645. The zero-order valence-corrected chi connectivity index (χ0v) is 8.45. The zero-order chi connectivity index (χ0) is 10.8. The van der Waals surface area contributed by atoms with Gasteiger partial charge in [-0.3, -0.25) is 4.79 Å². The van der Waals surface area contributed by atoms with Crippen LogP contribution in [0.3, 0.4) is 0 Å². The summed E-state index contributed by atoms with van der Waals surface area (Å²) in [6, 6.07) is 7.38. The van der Waals surface area contributed by atoms with Gasteiger partial charge in [-0.1, -0.05) is 0 Å². The number of hydrogen-bond acceptors (Lipinski definition) is 3. The maximum Gasteiger partial charge on any atom is 0.246 e. The summed E-state index contributed by atoms with van der Waals surface area (Å²) in [6.45, 7) is 2.89. The first-order chi connectivity index (χ1) is 7.26. The van der Waals surface area contributed by atoms with E-state index in [1.807, 2.05) is 6.92 Å². The topological polar surface area (TPSA) is 56.1 Å². The highest BCUT2D eigenvalue weighted by atomic mass is 16.2. The number of nitriles is 1. The van der Waals surface area contributed by atoms with Crippen LogP contribution in [0, 0.1) is 11.3 Å². The van der Waals surface area contributed by atoms with E-state index in [9.17, 15) is 4.79 Å². The predicted octanol–water partition coefficient (Wildman–Crippen LogP) is 1.34. The summed E-state index contributed by atoms with van der Waals surface area (Å²) < 4.78 is 0. The first kappa shape index (κ1) is 9.53. The smallest absolute Gasteiger partial charge is 0.246 e. The molecular formula is C11H11N3O. The quantitative estimate of drug-likeness (QED) is 0.745. The number of fused-ring (bicyclic) bond motifs is 1. The molecule has 0 saturated heterocycles. The second-order valence-electron chi connectivity index (χ2n) is 3.34. The summed E-state index contributed by atoms with van der Waals surface area (Å²) in [6.07, 6.45) is 0. The van der Waals surface area contributed by atoms with E-state index in [1.54, 1.807) is 23.1 Å². The third-order valence-electron chi connectivity index (χ3n) is 2.46. The summed E-state index contributed by atoms with van der Waals surface area (Å²) in [7, 11) is 0. The lowest BCUT2D eigenvalue weighted by Gasteiger charge is -2.29. The van der Waals surface area contributed by atoms with E-state index < -0.39 is 0 Å². The van der Waals surface area contributed by atoms with Crippen molar-refractivity contribution >= 4 is 17.3 Å². The largest absolute Gasteiger partial charge is 0.374 e. The van der Waals surface area contributed by atoms with Crippen molar-refractivity contribution in [1.82, 2.24) is 0 Å². The summed E-state index contributed by atoms with van der Waals surface area (Å²) in [4.78, 5) is 13.3. The molecule has 1 aromatic rings. The molecule has 0 spiro atoms. The highest BCUT2D eigenvalue weighted by Crippen LogP contribution is 2.29. The standard InChI is InChI=1S/C11H11N3O/c1-2-14-10-4-3-8(6-12)5-9(10)13-7-11(14)15/h3-5,13H,2,7H2,1H3. The van der Waals surface area contributed by atoms with Crippen molar-refractivity contribution in [2.75, 3.05) is 23.3 Å². The summed E-state index contributed by atoms with van der Waals surface area (Å²) in [5.74, 6) is 0.0645.